The van der Waals surface area contributed by atoms with Gasteiger partial charge in [0.15, 0.2) is 5.96 Å². The molecule has 5 heteroatoms. The average Bonchev–Trinajstić information content (AvgIpc) is 3.07. The standard InChI is InChI=1S/C20H34N4.HI/c1-5-17-8-10-18(11-9-17)15-23(4)20(21-6-2)22-14-19-12-13-24(7-3)16-19;/h8-11,19H,5-7,12-16H2,1-4H3,(H,21,22);1H. The second-order valence-corrected chi connectivity index (χ2v) is 6.77. The molecule has 1 saturated heterocycles. The summed E-state index contributed by atoms with van der Waals surface area (Å²) in [7, 11) is 2.13. The molecular formula is C20H35IN4. The van der Waals surface area contributed by atoms with Crippen LogP contribution in [-0.4, -0.2) is 55.5 Å². The first-order valence-corrected chi connectivity index (χ1v) is 9.45. The number of nitrogens with zero attached hydrogens (tertiary/aromatic N) is 3. The summed E-state index contributed by atoms with van der Waals surface area (Å²) in [4.78, 5) is 9.65. The Labute approximate surface area is 171 Å². The number of rotatable bonds is 7. The number of aliphatic imine (C=N–C) groups is 1. The van der Waals surface area contributed by atoms with Crippen molar-refractivity contribution in [2.24, 2.45) is 10.9 Å². The van der Waals surface area contributed by atoms with Crippen molar-refractivity contribution in [3.63, 3.8) is 0 Å². The minimum absolute atomic E-state index is 0. The molecule has 142 valence electrons. The third-order valence-corrected chi connectivity index (χ3v) is 4.86. The van der Waals surface area contributed by atoms with E-state index in [0.29, 0.717) is 5.92 Å². The summed E-state index contributed by atoms with van der Waals surface area (Å²) in [6.45, 7) is 12.9. The summed E-state index contributed by atoms with van der Waals surface area (Å²) >= 11 is 0. The fourth-order valence-corrected chi connectivity index (χ4v) is 3.26. The highest BCUT2D eigenvalue weighted by atomic mass is 127. The van der Waals surface area contributed by atoms with Crippen LogP contribution in [0.4, 0.5) is 0 Å². The number of hydrogen-bond donors (Lipinski definition) is 1. The number of hydrogen-bond acceptors (Lipinski definition) is 2. The molecule has 0 aliphatic carbocycles. The third kappa shape index (κ3) is 7.13. The lowest BCUT2D eigenvalue weighted by atomic mass is 10.1. The van der Waals surface area contributed by atoms with Crippen LogP contribution < -0.4 is 5.32 Å². The summed E-state index contributed by atoms with van der Waals surface area (Å²) in [5.74, 6) is 1.72. The molecule has 1 N–H and O–H groups in total. The smallest absolute Gasteiger partial charge is 0.193 e. The van der Waals surface area contributed by atoms with Crippen molar-refractivity contribution in [2.45, 2.75) is 40.2 Å². The third-order valence-electron chi connectivity index (χ3n) is 4.86. The molecule has 0 aromatic heterocycles. The maximum atomic E-state index is 4.90. The minimum Gasteiger partial charge on any atom is -0.357 e. The summed E-state index contributed by atoms with van der Waals surface area (Å²) < 4.78 is 0. The van der Waals surface area contributed by atoms with Gasteiger partial charge in [0.25, 0.3) is 0 Å². The van der Waals surface area contributed by atoms with Crippen molar-refractivity contribution >= 4 is 29.9 Å². The van der Waals surface area contributed by atoms with E-state index in [-0.39, 0.29) is 24.0 Å². The predicted octanol–water partition coefficient (Wildman–Crippen LogP) is 3.61. The summed E-state index contributed by atoms with van der Waals surface area (Å²) in [6, 6.07) is 8.92. The van der Waals surface area contributed by atoms with Crippen LogP contribution in [0.5, 0.6) is 0 Å². The van der Waals surface area contributed by atoms with Gasteiger partial charge >= 0.3 is 0 Å². The fourth-order valence-electron chi connectivity index (χ4n) is 3.26. The summed E-state index contributed by atoms with van der Waals surface area (Å²) in [5, 5.41) is 3.44. The fraction of sp³-hybridized carbons (Fsp3) is 0.650. The SMILES string of the molecule is CCNC(=NCC1CCN(CC)C1)N(C)Cc1ccc(CC)cc1.I. The predicted molar refractivity (Wildman–Crippen MR) is 119 cm³/mol. The van der Waals surface area contributed by atoms with Crippen molar-refractivity contribution in [1.29, 1.82) is 0 Å². The number of aryl methyl sites for hydroxylation is 1. The Bertz CT molecular complexity index is 515. The topological polar surface area (TPSA) is 30.9 Å². The molecule has 1 aromatic carbocycles. The Hall–Kier alpha value is -0.820. The van der Waals surface area contributed by atoms with Gasteiger partial charge in [0.2, 0.25) is 0 Å². The van der Waals surface area contributed by atoms with Crippen molar-refractivity contribution < 1.29 is 0 Å². The van der Waals surface area contributed by atoms with Crippen LogP contribution in [0.3, 0.4) is 0 Å². The Kier molecular flexibility index (Phi) is 10.4. The molecule has 1 unspecified atom stereocenters. The van der Waals surface area contributed by atoms with E-state index in [1.807, 2.05) is 0 Å². The van der Waals surface area contributed by atoms with Gasteiger partial charge in [-0.3, -0.25) is 4.99 Å². The highest BCUT2D eigenvalue weighted by Crippen LogP contribution is 2.16. The highest BCUT2D eigenvalue weighted by Gasteiger charge is 2.21. The summed E-state index contributed by atoms with van der Waals surface area (Å²) in [6.07, 6.45) is 2.37. The molecule has 1 heterocycles. The van der Waals surface area contributed by atoms with E-state index in [1.54, 1.807) is 0 Å². The second kappa shape index (κ2) is 11.7. The zero-order valence-corrected chi connectivity index (χ0v) is 18.6. The monoisotopic (exact) mass is 458 g/mol. The molecule has 25 heavy (non-hydrogen) atoms. The zero-order chi connectivity index (χ0) is 17.4. The van der Waals surface area contributed by atoms with E-state index in [0.717, 1.165) is 38.6 Å². The molecule has 1 aromatic rings. The Morgan fingerprint density at radius 3 is 2.44 bits per heavy atom. The van der Waals surface area contributed by atoms with Crippen LogP contribution in [0.2, 0.25) is 0 Å². The van der Waals surface area contributed by atoms with E-state index in [1.165, 1.54) is 30.6 Å². The molecule has 0 saturated carbocycles. The van der Waals surface area contributed by atoms with Crippen molar-refractivity contribution in [3.05, 3.63) is 35.4 Å². The van der Waals surface area contributed by atoms with Gasteiger partial charge in [-0.2, -0.15) is 0 Å². The molecule has 0 bridgehead atoms. The van der Waals surface area contributed by atoms with Gasteiger partial charge in [-0.05, 0) is 49.9 Å². The number of guanidine groups is 1. The molecule has 1 atom stereocenters. The van der Waals surface area contributed by atoms with E-state index in [4.69, 9.17) is 4.99 Å². The maximum absolute atomic E-state index is 4.90. The highest BCUT2D eigenvalue weighted by molar-refractivity contribution is 14.0. The number of nitrogens with one attached hydrogen (secondary N) is 1. The lowest BCUT2D eigenvalue weighted by Crippen LogP contribution is -2.39. The van der Waals surface area contributed by atoms with Crippen LogP contribution in [0.25, 0.3) is 0 Å². The molecule has 4 nitrogen and oxygen atoms in total. The Morgan fingerprint density at radius 2 is 1.88 bits per heavy atom. The van der Waals surface area contributed by atoms with Gasteiger partial charge in [-0.15, -0.1) is 24.0 Å². The Morgan fingerprint density at radius 1 is 1.20 bits per heavy atom. The van der Waals surface area contributed by atoms with Gasteiger partial charge in [0.1, 0.15) is 0 Å². The van der Waals surface area contributed by atoms with E-state index < -0.39 is 0 Å². The quantitative estimate of drug-likeness (QED) is 0.385. The van der Waals surface area contributed by atoms with Gasteiger partial charge in [0.05, 0.1) is 0 Å². The number of halogens is 1. The largest absolute Gasteiger partial charge is 0.357 e. The minimum atomic E-state index is 0. The lowest BCUT2D eigenvalue weighted by Gasteiger charge is -2.23. The first kappa shape index (κ1) is 22.2. The molecule has 2 rings (SSSR count). The Balaban J connectivity index is 0.00000312. The molecule has 1 aliphatic rings. The van der Waals surface area contributed by atoms with Crippen molar-refractivity contribution in [3.8, 4) is 0 Å². The average molecular weight is 458 g/mol. The molecule has 1 fully saturated rings. The van der Waals surface area contributed by atoms with Crippen LogP contribution in [0, 0.1) is 5.92 Å². The molecule has 1 aliphatic heterocycles. The molecule has 0 spiro atoms. The van der Waals surface area contributed by atoms with E-state index in [9.17, 15) is 0 Å². The first-order chi connectivity index (χ1) is 11.7. The van der Waals surface area contributed by atoms with Gasteiger partial charge in [0, 0.05) is 33.2 Å². The number of benzene rings is 1. The number of likely N-dealkylation sites (tertiary alicyclic amines) is 1. The second-order valence-electron chi connectivity index (χ2n) is 6.77. The van der Waals surface area contributed by atoms with Gasteiger partial charge in [-0.25, -0.2) is 0 Å². The maximum Gasteiger partial charge on any atom is 0.193 e. The van der Waals surface area contributed by atoms with Crippen LogP contribution in [0.1, 0.15) is 38.3 Å². The normalized spacial score (nSPS) is 18.1. The van der Waals surface area contributed by atoms with E-state index >= 15 is 0 Å². The van der Waals surface area contributed by atoms with E-state index in [2.05, 4.69) is 67.2 Å². The van der Waals surface area contributed by atoms with Crippen LogP contribution in [-0.2, 0) is 13.0 Å². The molecule has 0 amide bonds. The van der Waals surface area contributed by atoms with Crippen molar-refractivity contribution in [1.82, 2.24) is 15.1 Å². The van der Waals surface area contributed by atoms with Crippen molar-refractivity contribution in [2.75, 3.05) is 39.8 Å². The van der Waals surface area contributed by atoms with Gasteiger partial charge in [-0.1, -0.05) is 38.1 Å². The molecule has 0 radical (unpaired) electrons. The summed E-state index contributed by atoms with van der Waals surface area (Å²) in [5.41, 5.74) is 2.72. The van der Waals surface area contributed by atoms with Gasteiger partial charge < -0.3 is 15.1 Å². The lowest BCUT2D eigenvalue weighted by molar-refractivity contribution is 0.343. The first-order valence-electron chi connectivity index (χ1n) is 9.45. The van der Waals surface area contributed by atoms with Crippen LogP contribution in [0.15, 0.2) is 29.3 Å². The molecular weight excluding hydrogens is 423 g/mol. The van der Waals surface area contributed by atoms with Crippen LogP contribution >= 0.6 is 24.0 Å². The zero-order valence-electron chi connectivity index (χ0n) is 16.3.